The van der Waals surface area contributed by atoms with Gasteiger partial charge in [-0.25, -0.2) is 50.5 Å². The third-order valence-corrected chi connectivity index (χ3v) is 13.2. The van der Waals surface area contributed by atoms with Crippen LogP contribution >= 0.6 is 0 Å². The second-order valence-corrected chi connectivity index (χ2v) is 20.4. The smallest absolute Gasteiger partial charge is 0.744 e. The van der Waals surface area contributed by atoms with Crippen LogP contribution in [-0.4, -0.2) is 93.4 Å². The van der Waals surface area contributed by atoms with Gasteiger partial charge in [0.25, 0.3) is 0 Å². The molecule has 4 rings (SSSR count). The van der Waals surface area contributed by atoms with Gasteiger partial charge in [0.2, 0.25) is 20.8 Å². The summed E-state index contributed by atoms with van der Waals surface area (Å²) in [4.78, 5) is -2.73. The van der Waals surface area contributed by atoms with Crippen LogP contribution in [0.3, 0.4) is 0 Å². The molecule has 4 aromatic rings. The van der Waals surface area contributed by atoms with E-state index in [4.69, 9.17) is 11.5 Å². The number of nitrogen functional groups attached to an aromatic ring is 2. The molecular formula is C28H24N8Na4O18S6. The minimum Gasteiger partial charge on any atom is -0.744 e. The Labute approximate surface area is 454 Å². The summed E-state index contributed by atoms with van der Waals surface area (Å²) in [5, 5.41) is 23.2. The van der Waals surface area contributed by atoms with E-state index in [-0.39, 0.29) is 151 Å². The number of azo groups is 3. The standard InChI is InChI=1S/C28H28N8O18S6.4Na/c29-26-23(34-31-17-1-5-19(6-2-17)55(37,38)13-11-53-59(47,48)49)16-24(35-33-22-15-21(57(41,42)43)9-10-25(22)58(44,45)46)27(30)28(26)36-32-18-3-7-20(8-4-18)56(39,40)14-12-54-60(50,51)52;;;;/h1-10,15-16H,11-14,29-30H2,(H,41,42,43)(H,44,45,46)(H,47,48,49)(H,50,51,52);;;;/q;4*+1/p-4. The van der Waals surface area contributed by atoms with E-state index >= 15 is 0 Å². The molecule has 0 fully saturated rings. The largest absolute Gasteiger partial charge is 1.00 e. The van der Waals surface area contributed by atoms with Gasteiger partial charge in [0.05, 0.1) is 67.1 Å². The molecule has 0 aliphatic heterocycles. The quantitative estimate of drug-likeness (QED) is 0.0307. The molecule has 0 atom stereocenters. The maximum atomic E-state index is 12.5. The first-order valence-electron chi connectivity index (χ1n) is 15.4. The number of hydrogen-bond acceptors (Lipinski definition) is 26. The van der Waals surface area contributed by atoms with Crippen LogP contribution in [0.15, 0.2) is 123 Å². The minimum atomic E-state index is -5.34. The maximum Gasteiger partial charge on any atom is 1.00 e. The van der Waals surface area contributed by atoms with E-state index in [1.54, 1.807) is 0 Å². The van der Waals surface area contributed by atoms with Crippen LogP contribution in [0.25, 0.3) is 0 Å². The summed E-state index contributed by atoms with van der Waals surface area (Å²) in [6.45, 7) is -1.91. The Bertz CT molecular complexity index is 3090. The summed E-state index contributed by atoms with van der Waals surface area (Å²) in [5.41, 5.74) is 9.48. The van der Waals surface area contributed by atoms with E-state index in [0.717, 1.165) is 54.6 Å². The number of rotatable bonds is 18. The van der Waals surface area contributed by atoms with Gasteiger partial charge >= 0.3 is 118 Å². The van der Waals surface area contributed by atoms with Crippen LogP contribution in [0.1, 0.15) is 0 Å². The summed E-state index contributed by atoms with van der Waals surface area (Å²) in [6.07, 6.45) is 0. The Morgan fingerprint density at radius 1 is 0.438 bits per heavy atom. The first-order chi connectivity index (χ1) is 27.6. The van der Waals surface area contributed by atoms with E-state index in [1.807, 2.05) is 0 Å². The van der Waals surface area contributed by atoms with E-state index in [0.29, 0.717) is 18.2 Å². The number of benzene rings is 4. The first-order valence-corrected chi connectivity index (χ1v) is 24.2. The maximum absolute atomic E-state index is 12.5. The van der Waals surface area contributed by atoms with Crippen molar-refractivity contribution >= 4 is 106 Å². The van der Waals surface area contributed by atoms with Crippen molar-refractivity contribution in [3.05, 3.63) is 72.8 Å². The number of nitrogens with two attached hydrogens (primary N) is 2. The van der Waals surface area contributed by atoms with Crippen LogP contribution in [0.2, 0.25) is 0 Å². The zero-order valence-corrected chi connectivity index (χ0v) is 46.3. The Hall–Kier alpha value is -1.26. The summed E-state index contributed by atoms with van der Waals surface area (Å²) >= 11 is 0. The van der Waals surface area contributed by atoms with Crippen molar-refractivity contribution in [2.45, 2.75) is 19.6 Å². The molecule has 324 valence electrons. The predicted molar refractivity (Wildman–Crippen MR) is 198 cm³/mol. The van der Waals surface area contributed by atoms with Gasteiger partial charge in [-0.3, -0.25) is 8.37 Å². The van der Waals surface area contributed by atoms with Gasteiger partial charge in [0.1, 0.15) is 43.0 Å². The monoisotopic (exact) mass is 1040 g/mol. The van der Waals surface area contributed by atoms with Gasteiger partial charge in [-0.15, -0.1) is 20.5 Å². The Kier molecular flexibility index (Phi) is 24.9. The average Bonchev–Trinajstić information content (AvgIpc) is 3.12. The van der Waals surface area contributed by atoms with Gasteiger partial charge in [0.15, 0.2) is 19.7 Å². The molecule has 0 amide bonds. The topological polar surface area (TPSA) is 442 Å². The molecule has 0 aliphatic rings. The van der Waals surface area contributed by atoms with E-state index in [1.165, 1.54) is 0 Å². The van der Waals surface area contributed by atoms with E-state index < -0.39 is 118 Å². The molecule has 0 heterocycles. The molecule has 0 spiro atoms. The molecule has 0 aromatic heterocycles. The van der Waals surface area contributed by atoms with Gasteiger partial charge in [-0.1, -0.05) is 0 Å². The average molecular weight is 1040 g/mol. The van der Waals surface area contributed by atoms with Gasteiger partial charge in [0, 0.05) is 0 Å². The second kappa shape index (κ2) is 25.4. The fourth-order valence-corrected chi connectivity index (χ4v) is 8.43. The predicted octanol–water partition coefficient (Wildman–Crippen LogP) is -9.58. The van der Waals surface area contributed by atoms with Crippen LogP contribution < -0.4 is 130 Å². The molecule has 0 saturated heterocycles. The SMILES string of the molecule is Nc1c(N=Nc2ccc(S(=O)(=O)CCOS(=O)(=O)[O-])cc2)cc(N=Nc2cc(S(=O)(=O)[O-])ccc2S(=O)(=O)[O-])c(N)c1N=Nc1ccc(S(=O)(=O)CCOS(=O)(=O)[O-])cc1.[Na+].[Na+].[Na+].[Na+]. The summed E-state index contributed by atoms with van der Waals surface area (Å²) in [5.74, 6) is -1.75. The molecule has 4 aromatic carbocycles. The van der Waals surface area contributed by atoms with Crippen molar-refractivity contribution in [1.82, 2.24) is 0 Å². The summed E-state index contributed by atoms with van der Waals surface area (Å²) in [6, 6.07) is 11.3. The number of nitrogens with zero attached hydrogens (tertiary/aromatic N) is 6. The second-order valence-electron chi connectivity index (χ2n) is 11.3. The third-order valence-electron chi connectivity index (χ3n) is 7.18. The van der Waals surface area contributed by atoms with E-state index in [2.05, 4.69) is 39.1 Å². The fourth-order valence-electron chi connectivity index (χ4n) is 4.38. The number of hydrogen-bond donors (Lipinski definition) is 2. The molecular weight excluding hydrogens is 1020 g/mol. The molecule has 0 saturated carbocycles. The normalized spacial score (nSPS) is 12.6. The minimum absolute atomic E-state index is 0. The zero-order valence-electron chi connectivity index (χ0n) is 33.4. The molecule has 36 heteroatoms. The van der Waals surface area contributed by atoms with Crippen molar-refractivity contribution in [1.29, 1.82) is 0 Å². The van der Waals surface area contributed by atoms with Crippen molar-refractivity contribution in [2.75, 3.05) is 36.2 Å². The van der Waals surface area contributed by atoms with Crippen molar-refractivity contribution in [3.63, 3.8) is 0 Å². The third kappa shape index (κ3) is 19.0. The zero-order chi connectivity index (χ0) is 44.9. The molecule has 4 N–H and O–H groups in total. The Morgan fingerprint density at radius 3 is 1.17 bits per heavy atom. The van der Waals surface area contributed by atoms with Gasteiger partial charge in [-0.2, -0.15) is 10.2 Å². The summed E-state index contributed by atoms with van der Waals surface area (Å²) in [7, 11) is -29.1. The molecule has 0 aliphatic carbocycles. The van der Waals surface area contributed by atoms with Gasteiger partial charge in [-0.05, 0) is 72.8 Å². The first kappa shape index (κ1) is 62.7. The van der Waals surface area contributed by atoms with Crippen molar-refractivity contribution in [2.24, 2.45) is 30.7 Å². The Morgan fingerprint density at radius 2 is 0.797 bits per heavy atom. The molecule has 0 unspecified atom stereocenters. The van der Waals surface area contributed by atoms with Crippen LogP contribution in [-0.2, 0) is 69.1 Å². The van der Waals surface area contributed by atoms with Crippen molar-refractivity contribution < 1.29 is 195 Å². The van der Waals surface area contributed by atoms with Gasteiger partial charge < -0.3 is 29.7 Å². The van der Waals surface area contributed by atoms with Crippen LogP contribution in [0.5, 0.6) is 0 Å². The molecule has 0 radical (unpaired) electrons. The molecule has 64 heavy (non-hydrogen) atoms. The summed E-state index contributed by atoms with van der Waals surface area (Å²) < 4.78 is 192. The number of sulfone groups is 2. The van der Waals surface area contributed by atoms with Crippen LogP contribution in [0.4, 0.5) is 45.5 Å². The van der Waals surface area contributed by atoms with Crippen LogP contribution in [0, 0.1) is 0 Å². The molecule has 26 nitrogen and oxygen atoms in total. The fraction of sp³-hybridized carbons (Fsp3) is 0.143. The number of anilines is 2. The molecule has 0 bridgehead atoms. The Balaban J connectivity index is 0.00000992. The van der Waals surface area contributed by atoms with Crippen molar-refractivity contribution in [3.8, 4) is 0 Å². The van der Waals surface area contributed by atoms with E-state index in [9.17, 15) is 68.7 Å².